The molecular formula is C12H22N2O2. The molecule has 2 amide bonds. The number of nitrogens with one attached hydrogen (secondary N) is 1. The number of amides is 2. The molecule has 0 aromatic carbocycles. The lowest BCUT2D eigenvalue weighted by Gasteiger charge is -2.29. The minimum Gasteiger partial charge on any atom is -0.338 e. The molecule has 1 saturated heterocycles. The average Bonchev–Trinajstić information content (AvgIpc) is 2.43. The summed E-state index contributed by atoms with van der Waals surface area (Å²) in [6.07, 6.45) is 4.78. The van der Waals surface area contributed by atoms with E-state index in [2.05, 4.69) is 5.32 Å². The first-order valence-corrected chi connectivity index (χ1v) is 6.19. The van der Waals surface area contributed by atoms with Gasteiger partial charge in [0.2, 0.25) is 0 Å². The van der Waals surface area contributed by atoms with Gasteiger partial charge < -0.3 is 10.2 Å². The topological polar surface area (TPSA) is 49.4 Å². The second-order valence-electron chi connectivity index (χ2n) is 4.44. The number of ketones is 1. The Bertz CT molecular complexity index is 253. The lowest BCUT2D eigenvalue weighted by Crippen LogP contribution is -2.46. The molecule has 1 heterocycles. The molecule has 0 aromatic rings. The first kappa shape index (κ1) is 13.0. The van der Waals surface area contributed by atoms with Crippen molar-refractivity contribution >= 4 is 11.8 Å². The fraction of sp³-hybridized carbons (Fsp3) is 0.833. The summed E-state index contributed by atoms with van der Waals surface area (Å²) in [6, 6.07) is 0.0854. The summed E-state index contributed by atoms with van der Waals surface area (Å²) in [4.78, 5) is 24.9. The van der Waals surface area contributed by atoms with E-state index >= 15 is 0 Å². The smallest absolute Gasteiger partial charge is 0.317 e. The predicted molar refractivity (Wildman–Crippen MR) is 63.3 cm³/mol. The molecule has 92 valence electrons. The molecule has 1 aliphatic rings. The minimum atomic E-state index is -0.0179. The van der Waals surface area contributed by atoms with E-state index in [0.29, 0.717) is 13.0 Å². The van der Waals surface area contributed by atoms with Gasteiger partial charge in [-0.2, -0.15) is 0 Å². The van der Waals surface area contributed by atoms with Crippen molar-refractivity contribution < 1.29 is 9.59 Å². The van der Waals surface area contributed by atoms with E-state index in [1.54, 1.807) is 6.92 Å². The molecule has 1 aliphatic heterocycles. The van der Waals surface area contributed by atoms with Crippen LogP contribution in [0.25, 0.3) is 0 Å². The predicted octanol–water partition coefficient (Wildman–Crippen LogP) is 1.94. The van der Waals surface area contributed by atoms with Gasteiger partial charge >= 0.3 is 6.03 Å². The van der Waals surface area contributed by atoms with Crippen LogP contribution in [-0.2, 0) is 4.79 Å². The Kier molecular flexibility index (Phi) is 5.29. The van der Waals surface area contributed by atoms with E-state index in [4.69, 9.17) is 0 Å². The first-order chi connectivity index (χ1) is 7.65. The highest BCUT2D eigenvalue weighted by atomic mass is 16.2. The van der Waals surface area contributed by atoms with Crippen LogP contribution in [-0.4, -0.2) is 35.8 Å². The van der Waals surface area contributed by atoms with Crippen LogP contribution >= 0.6 is 0 Å². The van der Waals surface area contributed by atoms with E-state index < -0.39 is 0 Å². The van der Waals surface area contributed by atoms with Crippen molar-refractivity contribution in [3.8, 4) is 0 Å². The Hall–Kier alpha value is -1.06. The third-order valence-electron chi connectivity index (χ3n) is 2.99. The largest absolute Gasteiger partial charge is 0.338 e. The van der Waals surface area contributed by atoms with Gasteiger partial charge in [-0.3, -0.25) is 4.79 Å². The van der Waals surface area contributed by atoms with E-state index in [1.807, 2.05) is 11.8 Å². The van der Waals surface area contributed by atoms with Crippen molar-refractivity contribution in [3.63, 3.8) is 0 Å². The maximum Gasteiger partial charge on any atom is 0.317 e. The van der Waals surface area contributed by atoms with Gasteiger partial charge in [-0.05, 0) is 26.7 Å². The summed E-state index contributed by atoms with van der Waals surface area (Å²) in [5, 5.41) is 2.82. The quantitative estimate of drug-likeness (QED) is 0.799. The number of carbonyl (C=O) groups is 2. The Balaban J connectivity index is 2.64. The molecule has 1 fully saturated rings. The lowest BCUT2D eigenvalue weighted by atomic mass is 10.0. The number of hydrogen-bond donors (Lipinski definition) is 1. The number of likely N-dealkylation sites (tertiary alicyclic amines) is 1. The molecule has 0 bridgehead atoms. The van der Waals surface area contributed by atoms with Crippen LogP contribution in [0.15, 0.2) is 0 Å². The molecule has 0 aliphatic carbocycles. The summed E-state index contributed by atoms with van der Waals surface area (Å²) in [5.41, 5.74) is 0. The molecular weight excluding hydrogens is 204 g/mol. The second kappa shape index (κ2) is 6.51. The maximum atomic E-state index is 11.8. The molecule has 0 aromatic heterocycles. The van der Waals surface area contributed by atoms with E-state index in [1.165, 1.54) is 0 Å². The summed E-state index contributed by atoms with van der Waals surface area (Å²) < 4.78 is 0. The van der Waals surface area contributed by atoms with Crippen molar-refractivity contribution in [1.82, 2.24) is 10.2 Å². The highest BCUT2D eigenvalue weighted by Crippen LogP contribution is 2.19. The molecule has 0 radical (unpaired) electrons. The molecule has 0 spiro atoms. The zero-order valence-electron chi connectivity index (χ0n) is 10.3. The van der Waals surface area contributed by atoms with Crippen LogP contribution in [0.1, 0.15) is 46.0 Å². The summed E-state index contributed by atoms with van der Waals surface area (Å²) >= 11 is 0. The van der Waals surface area contributed by atoms with Crippen molar-refractivity contribution in [2.24, 2.45) is 0 Å². The number of urea groups is 1. The summed E-state index contributed by atoms with van der Waals surface area (Å²) in [7, 11) is 0. The van der Waals surface area contributed by atoms with Crippen LogP contribution in [0.5, 0.6) is 0 Å². The fourth-order valence-electron chi connectivity index (χ4n) is 2.24. The molecule has 16 heavy (non-hydrogen) atoms. The van der Waals surface area contributed by atoms with E-state index in [-0.39, 0.29) is 17.9 Å². The van der Waals surface area contributed by atoms with Crippen molar-refractivity contribution in [3.05, 3.63) is 0 Å². The molecule has 1 rings (SSSR count). The standard InChI is InChI=1S/C12H22N2O2/c1-3-13-12(16)14-8-6-4-5-7-11(14)9-10(2)15/h11H,3-9H2,1-2H3,(H,13,16). The zero-order valence-corrected chi connectivity index (χ0v) is 10.3. The lowest BCUT2D eigenvalue weighted by molar-refractivity contribution is -0.118. The van der Waals surface area contributed by atoms with E-state index in [0.717, 1.165) is 32.2 Å². The van der Waals surface area contributed by atoms with Crippen LogP contribution < -0.4 is 5.32 Å². The zero-order chi connectivity index (χ0) is 12.0. The fourth-order valence-corrected chi connectivity index (χ4v) is 2.24. The van der Waals surface area contributed by atoms with Crippen LogP contribution in [0.4, 0.5) is 4.79 Å². The number of Topliss-reactive ketones (excluding diaryl/α,β-unsaturated/α-hetero) is 1. The van der Waals surface area contributed by atoms with Crippen molar-refractivity contribution in [2.45, 2.75) is 52.0 Å². The Morgan fingerprint density at radius 3 is 2.69 bits per heavy atom. The summed E-state index contributed by atoms with van der Waals surface area (Å²) in [5.74, 6) is 0.168. The minimum absolute atomic E-state index is 0.0179. The van der Waals surface area contributed by atoms with Gasteiger partial charge in [0.1, 0.15) is 5.78 Å². The number of carbonyl (C=O) groups excluding carboxylic acids is 2. The van der Waals surface area contributed by atoms with Gasteiger partial charge in [0.25, 0.3) is 0 Å². The Morgan fingerprint density at radius 1 is 1.31 bits per heavy atom. The van der Waals surface area contributed by atoms with Crippen LogP contribution in [0.2, 0.25) is 0 Å². The summed E-state index contributed by atoms with van der Waals surface area (Å²) in [6.45, 7) is 4.93. The normalized spacial score (nSPS) is 21.4. The number of hydrogen-bond acceptors (Lipinski definition) is 2. The highest BCUT2D eigenvalue weighted by molar-refractivity contribution is 5.78. The highest BCUT2D eigenvalue weighted by Gasteiger charge is 2.25. The monoisotopic (exact) mass is 226 g/mol. The Morgan fingerprint density at radius 2 is 2.06 bits per heavy atom. The molecule has 1 atom stereocenters. The first-order valence-electron chi connectivity index (χ1n) is 6.19. The molecule has 4 heteroatoms. The maximum absolute atomic E-state index is 11.8. The van der Waals surface area contributed by atoms with Gasteiger partial charge in [0.15, 0.2) is 0 Å². The van der Waals surface area contributed by atoms with Crippen LogP contribution in [0.3, 0.4) is 0 Å². The molecule has 0 saturated carbocycles. The van der Waals surface area contributed by atoms with Gasteiger partial charge in [-0.15, -0.1) is 0 Å². The van der Waals surface area contributed by atoms with Gasteiger partial charge in [-0.1, -0.05) is 12.8 Å². The number of rotatable bonds is 3. The van der Waals surface area contributed by atoms with Crippen molar-refractivity contribution in [1.29, 1.82) is 0 Å². The third-order valence-corrected chi connectivity index (χ3v) is 2.99. The molecule has 4 nitrogen and oxygen atoms in total. The second-order valence-corrected chi connectivity index (χ2v) is 4.44. The Labute approximate surface area is 97.4 Å². The van der Waals surface area contributed by atoms with E-state index in [9.17, 15) is 9.59 Å². The van der Waals surface area contributed by atoms with Crippen molar-refractivity contribution in [2.75, 3.05) is 13.1 Å². The van der Waals surface area contributed by atoms with Gasteiger partial charge in [0, 0.05) is 25.6 Å². The average molecular weight is 226 g/mol. The third kappa shape index (κ3) is 3.83. The molecule has 1 unspecified atom stereocenters. The van der Waals surface area contributed by atoms with Gasteiger partial charge in [-0.25, -0.2) is 4.79 Å². The van der Waals surface area contributed by atoms with Crippen LogP contribution in [0, 0.1) is 0 Å². The number of nitrogens with zero attached hydrogens (tertiary/aromatic N) is 1. The SMILES string of the molecule is CCNC(=O)N1CCCCCC1CC(C)=O. The molecule has 1 N–H and O–H groups in total. The van der Waals surface area contributed by atoms with Gasteiger partial charge in [0.05, 0.1) is 0 Å².